The van der Waals surface area contributed by atoms with E-state index in [1.54, 1.807) is 12.4 Å². The van der Waals surface area contributed by atoms with E-state index in [0.717, 1.165) is 22.9 Å². The predicted molar refractivity (Wildman–Crippen MR) is 67.7 cm³/mol. The van der Waals surface area contributed by atoms with E-state index in [2.05, 4.69) is 46.3 Å². The van der Waals surface area contributed by atoms with Gasteiger partial charge in [0.25, 0.3) is 0 Å². The van der Waals surface area contributed by atoms with E-state index in [1.807, 2.05) is 13.0 Å². The molecule has 0 unspecified atom stereocenters. The van der Waals surface area contributed by atoms with Crippen LogP contribution in [0.1, 0.15) is 26.5 Å². The zero-order valence-electron chi connectivity index (χ0n) is 10.6. The minimum atomic E-state index is -0.0100. The van der Waals surface area contributed by atoms with Gasteiger partial charge in [0.15, 0.2) is 0 Å². The van der Waals surface area contributed by atoms with Crippen molar-refractivity contribution in [1.29, 1.82) is 0 Å². The fraction of sp³-hybridized carbons (Fsp3) is 0.417. The van der Waals surface area contributed by atoms with Crippen molar-refractivity contribution in [3.05, 3.63) is 24.2 Å². The zero-order valence-corrected chi connectivity index (χ0v) is 10.6. The van der Waals surface area contributed by atoms with Gasteiger partial charge < -0.3 is 5.32 Å². The maximum Gasteiger partial charge on any atom is 0.148 e. The van der Waals surface area contributed by atoms with Gasteiger partial charge in [-0.2, -0.15) is 5.10 Å². The number of anilines is 1. The summed E-state index contributed by atoms with van der Waals surface area (Å²) in [6.45, 7) is 8.21. The highest BCUT2D eigenvalue weighted by Crippen LogP contribution is 2.21. The van der Waals surface area contributed by atoms with Crippen molar-refractivity contribution in [2.45, 2.75) is 33.2 Å². The molecule has 2 rings (SSSR count). The first kappa shape index (κ1) is 11.6. The maximum absolute atomic E-state index is 4.30. The van der Waals surface area contributed by atoms with Crippen molar-refractivity contribution in [3.8, 4) is 11.4 Å². The summed E-state index contributed by atoms with van der Waals surface area (Å²) in [6, 6.07) is 1.95. The van der Waals surface area contributed by atoms with Crippen LogP contribution in [0.25, 0.3) is 11.4 Å². The molecule has 2 aromatic heterocycles. The lowest BCUT2D eigenvalue weighted by Gasteiger charge is -2.19. The Hall–Kier alpha value is -1.91. The number of nitrogens with one attached hydrogen (secondary N) is 2. The van der Waals surface area contributed by atoms with Crippen LogP contribution in [0.2, 0.25) is 0 Å². The van der Waals surface area contributed by atoms with E-state index in [1.165, 1.54) is 0 Å². The summed E-state index contributed by atoms with van der Waals surface area (Å²) < 4.78 is 0. The summed E-state index contributed by atoms with van der Waals surface area (Å²) >= 11 is 0. The average molecular weight is 231 g/mol. The second kappa shape index (κ2) is 4.16. The van der Waals surface area contributed by atoms with Crippen molar-refractivity contribution >= 4 is 5.82 Å². The smallest absolute Gasteiger partial charge is 0.148 e. The minimum absolute atomic E-state index is 0.0100. The third-order valence-corrected chi connectivity index (χ3v) is 2.22. The molecule has 2 aromatic rings. The van der Waals surface area contributed by atoms with E-state index in [4.69, 9.17) is 0 Å². The van der Waals surface area contributed by atoms with Crippen LogP contribution in [0, 0.1) is 6.92 Å². The van der Waals surface area contributed by atoms with Crippen LogP contribution >= 0.6 is 0 Å². The highest BCUT2D eigenvalue weighted by molar-refractivity contribution is 5.60. The summed E-state index contributed by atoms with van der Waals surface area (Å²) in [6.07, 6.45) is 3.36. The Morgan fingerprint density at radius 1 is 1.18 bits per heavy atom. The lowest BCUT2D eigenvalue weighted by molar-refractivity contribution is 0.630. The molecule has 0 fully saturated rings. The Bertz CT molecular complexity index is 510. The van der Waals surface area contributed by atoms with Crippen LogP contribution in [0.3, 0.4) is 0 Å². The molecule has 90 valence electrons. The van der Waals surface area contributed by atoms with Gasteiger partial charge in [0.05, 0.1) is 11.4 Å². The van der Waals surface area contributed by atoms with E-state index in [-0.39, 0.29) is 5.54 Å². The molecule has 0 aromatic carbocycles. The number of aromatic nitrogens is 4. The molecule has 0 bridgehead atoms. The monoisotopic (exact) mass is 231 g/mol. The van der Waals surface area contributed by atoms with Crippen LogP contribution in [0.15, 0.2) is 18.5 Å². The second-order valence-corrected chi connectivity index (χ2v) is 5.03. The molecule has 0 amide bonds. The standard InChI is InChI=1S/C12H17N5/c1-8-11(14-6-5-13-8)9-7-10(17-16-9)15-12(2,3)4/h5-7H,1-4H3,(H2,15,16,17). The minimum Gasteiger partial charge on any atom is -0.364 e. The van der Waals surface area contributed by atoms with E-state index in [0.29, 0.717) is 0 Å². The first-order chi connectivity index (χ1) is 7.96. The van der Waals surface area contributed by atoms with Crippen molar-refractivity contribution in [2.24, 2.45) is 0 Å². The zero-order chi connectivity index (χ0) is 12.5. The lowest BCUT2D eigenvalue weighted by Crippen LogP contribution is -2.26. The SMILES string of the molecule is Cc1nccnc1-c1cc(NC(C)(C)C)n[nH]1. The second-order valence-electron chi connectivity index (χ2n) is 5.03. The highest BCUT2D eigenvalue weighted by Gasteiger charge is 2.13. The Labute approximate surface area is 101 Å². The number of hydrogen-bond donors (Lipinski definition) is 2. The van der Waals surface area contributed by atoms with Crippen molar-refractivity contribution in [3.63, 3.8) is 0 Å². The maximum atomic E-state index is 4.30. The summed E-state index contributed by atoms with van der Waals surface area (Å²) in [7, 11) is 0. The normalized spacial score (nSPS) is 11.5. The number of H-pyrrole nitrogens is 1. The molecule has 0 aliphatic carbocycles. The fourth-order valence-corrected chi connectivity index (χ4v) is 1.56. The van der Waals surface area contributed by atoms with Crippen molar-refractivity contribution in [2.75, 3.05) is 5.32 Å². The molecule has 17 heavy (non-hydrogen) atoms. The summed E-state index contributed by atoms with van der Waals surface area (Å²) in [5.74, 6) is 0.817. The molecule has 5 nitrogen and oxygen atoms in total. The molecule has 0 aliphatic rings. The number of hydrogen-bond acceptors (Lipinski definition) is 4. The van der Waals surface area contributed by atoms with Crippen LogP contribution < -0.4 is 5.32 Å². The van der Waals surface area contributed by atoms with Gasteiger partial charge >= 0.3 is 0 Å². The molecule has 0 saturated carbocycles. The summed E-state index contributed by atoms with van der Waals surface area (Å²) in [4.78, 5) is 8.51. The predicted octanol–water partition coefficient (Wildman–Crippen LogP) is 2.39. The molecular weight excluding hydrogens is 214 g/mol. The molecule has 0 spiro atoms. The van der Waals surface area contributed by atoms with E-state index in [9.17, 15) is 0 Å². The lowest BCUT2D eigenvalue weighted by atomic mass is 10.1. The molecule has 2 heterocycles. The first-order valence-electron chi connectivity index (χ1n) is 5.57. The van der Waals surface area contributed by atoms with Crippen LogP contribution in [-0.2, 0) is 0 Å². The topological polar surface area (TPSA) is 66.5 Å². The van der Waals surface area contributed by atoms with Crippen LogP contribution in [0.5, 0.6) is 0 Å². The third kappa shape index (κ3) is 2.81. The van der Waals surface area contributed by atoms with Gasteiger partial charge in [-0.1, -0.05) is 0 Å². The molecule has 5 heteroatoms. The van der Waals surface area contributed by atoms with Gasteiger partial charge in [0.1, 0.15) is 11.5 Å². The number of nitrogens with zero attached hydrogens (tertiary/aromatic N) is 3. The molecule has 0 radical (unpaired) electrons. The number of aryl methyl sites for hydroxylation is 1. The molecule has 0 aliphatic heterocycles. The fourth-order valence-electron chi connectivity index (χ4n) is 1.56. The number of aromatic amines is 1. The van der Waals surface area contributed by atoms with Gasteiger partial charge in [0, 0.05) is 24.0 Å². The highest BCUT2D eigenvalue weighted by atomic mass is 15.2. The summed E-state index contributed by atoms with van der Waals surface area (Å²) in [5, 5.41) is 10.5. The van der Waals surface area contributed by atoms with Gasteiger partial charge in [-0.25, -0.2) is 0 Å². The van der Waals surface area contributed by atoms with Gasteiger partial charge in [-0.05, 0) is 27.7 Å². The Kier molecular flexibility index (Phi) is 2.83. The third-order valence-electron chi connectivity index (χ3n) is 2.22. The molecule has 0 saturated heterocycles. The van der Waals surface area contributed by atoms with Crippen LogP contribution in [-0.4, -0.2) is 25.7 Å². The van der Waals surface area contributed by atoms with Crippen molar-refractivity contribution in [1.82, 2.24) is 20.2 Å². The van der Waals surface area contributed by atoms with Crippen molar-refractivity contribution < 1.29 is 0 Å². The molecule has 0 atom stereocenters. The molecule has 2 N–H and O–H groups in total. The Morgan fingerprint density at radius 2 is 1.88 bits per heavy atom. The van der Waals surface area contributed by atoms with Gasteiger partial charge in [-0.15, -0.1) is 0 Å². The van der Waals surface area contributed by atoms with E-state index >= 15 is 0 Å². The van der Waals surface area contributed by atoms with Gasteiger partial charge in [0.2, 0.25) is 0 Å². The Balaban J connectivity index is 2.28. The Morgan fingerprint density at radius 3 is 2.53 bits per heavy atom. The number of rotatable bonds is 2. The first-order valence-corrected chi connectivity index (χ1v) is 5.57. The van der Waals surface area contributed by atoms with Gasteiger partial charge in [-0.3, -0.25) is 15.1 Å². The van der Waals surface area contributed by atoms with Crippen LogP contribution in [0.4, 0.5) is 5.82 Å². The summed E-state index contributed by atoms with van der Waals surface area (Å²) in [5.41, 5.74) is 2.59. The molecular formula is C12H17N5. The largest absolute Gasteiger partial charge is 0.364 e. The quantitative estimate of drug-likeness (QED) is 0.832. The average Bonchev–Trinajstić information content (AvgIpc) is 2.64. The van der Waals surface area contributed by atoms with E-state index < -0.39 is 0 Å².